The molecule has 1 fully saturated rings. The molecule has 1 aromatic rings. The zero-order valence-corrected chi connectivity index (χ0v) is 10.9. The van der Waals surface area contributed by atoms with Crippen molar-refractivity contribution in [2.75, 3.05) is 13.7 Å². The summed E-state index contributed by atoms with van der Waals surface area (Å²) in [7, 11) is 1.71. The van der Waals surface area contributed by atoms with Crippen LogP contribution < -0.4 is 4.74 Å². The molecule has 1 aromatic carbocycles. The largest absolute Gasteiger partial charge is 0.496 e. The van der Waals surface area contributed by atoms with Crippen LogP contribution >= 0.6 is 0 Å². The zero-order chi connectivity index (χ0) is 12.7. The molecule has 0 saturated carbocycles. The third-order valence-electron chi connectivity index (χ3n) is 3.89. The van der Waals surface area contributed by atoms with Crippen molar-refractivity contribution in [3.8, 4) is 5.75 Å². The van der Waals surface area contributed by atoms with Crippen LogP contribution in [-0.2, 0) is 4.74 Å². The molecule has 0 aromatic heterocycles. The van der Waals surface area contributed by atoms with E-state index in [9.17, 15) is 0 Å². The molecule has 1 aliphatic carbocycles. The number of hydrogen-bond acceptors (Lipinski definition) is 2. The smallest absolute Gasteiger partial charge is 0.126 e. The molecule has 0 unspecified atom stereocenters. The van der Waals surface area contributed by atoms with Gasteiger partial charge in [0.25, 0.3) is 0 Å². The van der Waals surface area contributed by atoms with Gasteiger partial charge < -0.3 is 9.47 Å². The van der Waals surface area contributed by atoms with Gasteiger partial charge >= 0.3 is 0 Å². The number of benzene rings is 1. The van der Waals surface area contributed by atoms with E-state index in [0.717, 1.165) is 29.9 Å². The van der Waals surface area contributed by atoms with E-state index in [-0.39, 0.29) is 6.10 Å². The van der Waals surface area contributed by atoms with Crippen LogP contribution in [0.25, 0.3) is 5.57 Å². The number of para-hydroxylation sites is 1. The minimum atomic E-state index is 0.244. The van der Waals surface area contributed by atoms with Crippen LogP contribution in [0.4, 0.5) is 0 Å². The van der Waals surface area contributed by atoms with Gasteiger partial charge in [0, 0.05) is 18.1 Å². The first kappa shape index (κ1) is 11.5. The number of hydrogen-bond donors (Lipinski definition) is 0. The first-order valence-electron chi connectivity index (χ1n) is 6.39. The molecule has 1 heterocycles. The highest BCUT2D eigenvalue weighted by atomic mass is 16.5. The fourth-order valence-electron chi connectivity index (χ4n) is 3.14. The Kier molecular flexibility index (Phi) is 2.75. The van der Waals surface area contributed by atoms with Crippen LogP contribution in [-0.4, -0.2) is 19.8 Å². The fourth-order valence-corrected chi connectivity index (χ4v) is 3.14. The van der Waals surface area contributed by atoms with Crippen molar-refractivity contribution in [3.63, 3.8) is 0 Å². The van der Waals surface area contributed by atoms with Crippen molar-refractivity contribution in [1.29, 1.82) is 0 Å². The maximum atomic E-state index is 5.84. The van der Waals surface area contributed by atoms with Crippen LogP contribution in [0.3, 0.4) is 0 Å². The van der Waals surface area contributed by atoms with Gasteiger partial charge in [-0.3, -0.25) is 0 Å². The Balaban J connectivity index is 2.12. The molecule has 2 nitrogen and oxygen atoms in total. The number of ether oxygens (including phenoxy) is 2. The quantitative estimate of drug-likeness (QED) is 0.808. The molecule has 18 heavy (non-hydrogen) atoms. The lowest BCUT2D eigenvalue weighted by Gasteiger charge is -2.37. The Morgan fingerprint density at radius 3 is 2.89 bits per heavy atom. The summed E-state index contributed by atoms with van der Waals surface area (Å²) in [6, 6.07) is 8.15. The predicted octanol–water partition coefficient (Wildman–Crippen LogP) is 3.44. The Morgan fingerprint density at radius 2 is 2.17 bits per heavy atom. The molecule has 0 radical (unpaired) electrons. The Bertz CT molecular complexity index is 528. The molecule has 3 rings (SSSR count). The monoisotopic (exact) mass is 242 g/mol. The van der Waals surface area contributed by atoms with Crippen LogP contribution in [0.1, 0.15) is 18.9 Å². The summed E-state index contributed by atoms with van der Waals surface area (Å²) in [6.07, 6.45) is 1.36. The normalized spacial score (nSPS) is 25.7. The van der Waals surface area contributed by atoms with Gasteiger partial charge in [-0.25, -0.2) is 0 Å². The summed E-state index contributed by atoms with van der Waals surface area (Å²) in [5.41, 5.74) is 4.97. The Labute approximate surface area is 108 Å². The minimum Gasteiger partial charge on any atom is -0.496 e. The van der Waals surface area contributed by atoms with Crippen LogP contribution in [0.15, 0.2) is 42.0 Å². The lowest BCUT2D eigenvalue weighted by atomic mass is 9.69. The number of fused-ring (bicyclic) bond motifs is 1. The van der Waals surface area contributed by atoms with E-state index < -0.39 is 0 Å². The maximum absolute atomic E-state index is 5.84. The summed E-state index contributed by atoms with van der Waals surface area (Å²) in [6.45, 7) is 7.05. The van der Waals surface area contributed by atoms with Crippen LogP contribution in [0.5, 0.6) is 5.75 Å². The maximum Gasteiger partial charge on any atom is 0.126 e. The molecular formula is C16H18O2. The molecule has 1 saturated heterocycles. The molecule has 0 amide bonds. The lowest BCUT2D eigenvalue weighted by molar-refractivity contribution is 0.130. The van der Waals surface area contributed by atoms with Gasteiger partial charge in [-0.2, -0.15) is 0 Å². The third-order valence-corrected chi connectivity index (χ3v) is 3.89. The van der Waals surface area contributed by atoms with Crippen molar-refractivity contribution in [2.24, 2.45) is 5.92 Å². The standard InChI is InChI=1S/C16H18O2/c1-10(2)14-12-8-9-18-16(12)15(14)11-6-4-5-7-13(11)17-3/h4-7,12,16H,1,8-9H2,2-3H3/t12-,16-/m1/s1. The lowest BCUT2D eigenvalue weighted by Crippen LogP contribution is -2.32. The molecule has 2 heteroatoms. The zero-order valence-electron chi connectivity index (χ0n) is 10.9. The van der Waals surface area contributed by atoms with E-state index in [1.165, 1.54) is 11.1 Å². The molecule has 0 spiro atoms. The van der Waals surface area contributed by atoms with Gasteiger partial charge in [0.15, 0.2) is 0 Å². The summed E-state index contributed by atoms with van der Waals surface area (Å²) >= 11 is 0. The van der Waals surface area contributed by atoms with E-state index in [1.54, 1.807) is 7.11 Å². The molecular weight excluding hydrogens is 224 g/mol. The van der Waals surface area contributed by atoms with Gasteiger partial charge in [0.1, 0.15) is 5.75 Å². The van der Waals surface area contributed by atoms with Crippen molar-refractivity contribution < 1.29 is 9.47 Å². The Hall–Kier alpha value is -1.54. The fraction of sp³-hybridized carbons (Fsp3) is 0.375. The SMILES string of the molecule is C=C(C)C1=C(c2ccccc2OC)[C@@H]2OCC[C@H]12. The highest BCUT2D eigenvalue weighted by Crippen LogP contribution is 2.52. The number of allylic oxidation sites excluding steroid dienone is 1. The molecule has 1 aliphatic heterocycles. The molecule has 0 bridgehead atoms. The Morgan fingerprint density at radius 1 is 1.39 bits per heavy atom. The van der Waals surface area contributed by atoms with Gasteiger partial charge in [-0.1, -0.05) is 30.4 Å². The van der Waals surface area contributed by atoms with Gasteiger partial charge in [0.2, 0.25) is 0 Å². The van der Waals surface area contributed by atoms with E-state index in [1.807, 2.05) is 18.2 Å². The average molecular weight is 242 g/mol. The van der Waals surface area contributed by atoms with E-state index in [4.69, 9.17) is 9.47 Å². The molecule has 0 N–H and O–H groups in total. The minimum absolute atomic E-state index is 0.244. The van der Waals surface area contributed by atoms with Crippen LogP contribution in [0.2, 0.25) is 0 Å². The third kappa shape index (κ3) is 1.52. The second-order valence-corrected chi connectivity index (χ2v) is 4.99. The van der Waals surface area contributed by atoms with E-state index in [2.05, 4.69) is 19.6 Å². The highest BCUT2D eigenvalue weighted by molar-refractivity contribution is 5.85. The van der Waals surface area contributed by atoms with Crippen molar-refractivity contribution >= 4 is 5.57 Å². The summed E-state index contributed by atoms with van der Waals surface area (Å²) < 4.78 is 11.3. The predicted molar refractivity (Wildman–Crippen MR) is 72.6 cm³/mol. The summed E-state index contributed by atoms with van der Waals surface area (Å²) in [5.74, 6) is 1.46. The summed E-state index contributed by atoms with van der Waals surface area (Å²) in [4.78, 5) is 0. The first-order chi connectivity index (χ1) is 8.74. The second kappa shape index (κ2) is 4.29. The molecule has 94 valence electrons. The average Bonchev–Trinajstić information content (AvgIpc) is 2.73. The van der Waals surface area contributed by atoms with E-state index in [0.29, 0.717) is 5.92 Å². The second-order valence-electron chi connectivity index (χ2n) is 4.99. The van der Waals surface area contributed by atoms with Crippen LogP contribution in [0, 0.1) is 5.92 Å². The van der Waals surface area contributed by atoms with Crippen molar-refractivity contribution in [2.45, 2.75) is 19.4 Å². The van der Waals surface area contributed by atoms with Gasteiger partial charge in [-0.05, 0) is 30.6 Å². The number of rotatable bonds is 3. The highest BCUT2D eigenvalue weighted by Gasteiger charge is 2.45. The van der Waals surface area contributed by atoms with Gasteiger partial charge in [-0.15, -0.1) is 0 Å². The van der Waals surface area contributed by atoms with Crippen molar-refractivity contribution in [1.82, 2.24) is 0 Å². The molecule has 2 aliphatic rings. The topological polar surface area (TPSA) is 18.5 Å². The first-order valence-corrected chi connectivity index (χ1v) is 6.39. The number of methoxy groups -OCH3 is 1. The van der Waals surface area contributed by atoms with E-state index >= 15 is 0 Å². The van der Waals surface area contributed by atoms with Gasteiger partial charge in [0.05, 0.1) is 13.2 Å². The molecule has 2 atom stereocenters. The van der Waals surface area contributed by atoms with Crippen molar-refractivity contribution in [3.05, 3.63) is 47.6 Å². The summed E-state index contributed by atoms with van der Waals surface area (Å²) in [5, 5.41) is 0.